The highest BCUT2D eigenvalue weighted by molar-refractivity contribution is 7.11. The fraction of sp³-hybridized carbons (Fsp3) is 0.273. The number of hydrogen-bond acceptors (Lipinski definition) is 8. The number of hydrogen-bond donors (Lipinski definition) is 0. The van der Waals surface area contributed by atoms with Crippen molar-refractivity contribution in [1.82, 2.24) is 34.7 Å². The van der Waals surface area contributed by atoms with E-state index in [1.807, 2.05) is 0 Å². The summed E-state index contributed by atoms with van der Waals surface area (Å²) in [5, 5.41) is 9.37. The Bertz CT molecular complexity index is 871. The van der Waals surface area contributed by atoms with E-state index >= 15 is 0 Å². The van der Waals surface area contributed by atoms with Crippen molar-refractivity contribution in [2.75, 3.05) is 0 Å². The first-order chi connectivity index (χ1) is 10.6. The Morgan fingerprint density at radius 2 is 2.24 bits per heavy atom. The van der Waals surface area contributed by atoms with E-state index in [0.717, 1.165) is 9.36 Å². The quantitative estimate of drug-likeness (QED) is 0.673. The van der Waals surface area contributed by atoms with Crippen molar-refractivity contribution in [2.45, 2.75) is 13.5 Å². The number of thiazole rings is 1. The van der Waals surface area contributed by atoms with Gasteiger partial charge in [-0.15, -0.1) is 4.68 Å². The fourth-order valence-electron chi connectivity index (χ4n) is 1.67. The van der Waals surface area contributed by atoms with Gasteiger partial charge >= 0.3 is 5.69 Å². The van der Waals surface area contributed by atoms with Gasteiger partial charge < -0.3 is 4.74 Å². The van der Waals surface area contributed by atoms with E-state index in [9.17, 15) is 4.79 Å². The monoisotopic (exact) mass is 307 g/mol. The van der Waals surface area contributed by atoms with Crippen molar-refractivity contribution in [1.29, 1.82) is 0 Å². The molecule has 10 heteroatoms. The topological polar surface area (TPSA) is 101 Å². The molecule has 0 bridgehead atoms. The zero-order chi connectivity index (χ0) is 15.7. The summed E-state index contributed by atoms with van der Waals surface area (Å²) in [6.45, 7) is 1.89. The summed E-state index contributed by atoms with van der Waals surface area (Å²) in [4.78, 5) is 24.1. The molecule has 9 nitrogen and oxygen atoms in total. The van der Waals surface area contributed by atoms with Gasteiger partial charge in [0.15, 0.2) is 5.82 Å². The van der Waals surface area contributed by atoms with Crippen molar-refractivity contribution < 1.29 is 6.11 Å². The van der Waals surface area contributed by atoms with Gasteiger partial charge in [0.05, 0.1) is 6.93 Å². The normalized spacial score (nSPS) is 11.4. The van der Waals surface area contributed by atoms with Gasteiger partial charge in [0, 0.05) is 24.3 Å². The van der Waals surface area contributed by atoms with Gasteiger partial charge in [0.25, 0.3) is 5.19 Å². The molecule has 0 aromatic carbocycles. The van der Waals surface area contributed by atoms with Crippen molar-refractivity contribution in [3.8, 4) is 11.0 Å². The molecule has 0 spiro atoms. The second-order valence-electron chi connectivity index (χ2n) is 4.09. The Balaban J connectivity index is 1.96. The first-order valence-corrected chi connectivity index (χ1v) is 6.79. The highest BCUT2D eigenvalue weighted by Gasteiger charge is 2.16. The summed E-state index contributed by atoms with van der Waals surface area (Å²) in [6, 6.07) is 0. The molecule has 0 fully saturated rings. The molecule has 0 unspecified atom stereocenters. The van der Waals surface area contributed by atoms with Crippen LogP contribution in [0.25, 0.3) is 5.82 Å². The van der Waals surface area contributed by atoms with Crippen LogP contribution in [0, 0.1) is 6.92 Å². The first-order valence-electron chi connectivity index (χ1n) is 6.41. The summed E-state index contributed by atoms with van der Waals surface area (Å²) in [5.74, 6) is 0.313. The number of nitrogens with zero attached hydrogens (tertiary/aromatic N) is 7. The predicted octanol–water partition coefficient (Wildman–Crippen LogP) is 0.0999. The van der Waals surface area contributed by atoms with Crippen LogP contribution >= 0.6 is 11.3 Å². The Morgan fingerprint density at radius 1 is 1.38 bits per heavy atom. The highest BCUT2D eigenvalue weighted by atomic mass is 32.1. The molecular weight excluding hydrogens is 294 g/mol. The summed E-state index contributed by atoms with van der Waals surface area (Å²) in [5.41, 5.74) is 0.846. The van der Waals surface area contributed by atoms with Crippen molar-refractivity contribution in [3.63, 3.8) is 0 Å². The maximum Gasteiger partial charge on any atom is 0.369 e. The molecule has 0 saturated heterocycles. The minimum Gasteiger partial charge on any atom is -0.465 e. The second kappa shape index (κ2) is 5.40. The van der Waals surface area contributed by atoms with Crippen LogP contribution in [0.3, 0.4) is 0 Å². The van der Waals surface area contributed by atoms with E-state index in [4.69, 9.17) is 6.11 Å². The van der Waals surface area contributed by atoms with E-state index < -0.39 is 5.69 Å². The molecule has 108 valence electrons. The average molecular weight is 307 g/mol. The van der Waals surface area contributed by atoms with E-state index in [1.54, 1.807) is 12.3 Å². The van der Waals surface area contributed by atoms with Gasteiger partial charge in [-0.2, -0.15) is 4.68 Å². The van der Waals surface area contributed by atoms with Gasteiger partial charge in [-0.25, -0.2) is 19.7 Å². The smallest absolute Gasteiger partial charge is 0.369 e. The molecule has 3 heterocycles. The Labute approximate surface area is 124 Å². The molecular formula is C11H11N7O2S. The fourth-order valence-corrected chi connectivity index (χ4v) is 2.11. The highest BCUT2D eigenvalue weighted by Crippen LogP contribution is 2.18. The molecule has 0 aliphatic heterocycles. The molecule has 0 amide bonds. The number of aromatic nitrogens is 7. The summed E-state index contributed by atoms with van der Waals surface area (Å²) in [6.07, 6.45) is 1.49. The molecule has 0 aliphatic carbocycles. The van der Waals surface area contributed by atoms with Gasteiger partial charge in [-0.1, -0.05) is 11.3 Å². The number of ether oxygens (including phenoxy) is 1. The molecule has 0 atom stereocenters. The third-order valence-corrected chi connectivity index (χ3v) is 3.40. The summed E-state index contributed by atoms with van der Waals surface area (Å²) >= 11 is 1.22. The largest absolute Gasteiger partial charge is 0.465 e. The summed E-state index contributed by atoms with van der Waals surface area (Å²) < 4.78 is 15.1. The lowest BCUT2D eigenvalue weighted by atomic mass is 10.2. The molecule has 21 heavy (non-hydrogen) atoms. The number of aryl methyl sites for hydroxylation is 2. The van der Waals surface area contributed by atoms with Crippen LogP contribution in [0.4, 0.5) is 0 Å². The van der Waals surface area contributed by atoms with E-state index in [2.05, 4.69) is 25.4 Å². The maximum atomic E-state index is 12.0. The SMILES string of the molecule is [3H]c1csc(OCc2c(C)ncnc2-n2nnn(C)c2=O)n1. The van der Waals surface area contributed by atoms with Crippen LogP contribution in [-0.2, 0) is 13.7 Å². The van der Waals surface area contributed by atoms with Crippen LogP contribution in [-0.4, -0.2) is 34.7 Å². The van der Waals surface area contributed by atoms with E-state index in [1.165, 1.54) is 24.7 Å². The average Bonchev–Trinajstić information content (AvgIpc) is 3.05. The lowest BCUT2D eigenvalue weighted by molar-refractivity contribution is 0.302. The molecule has 0 N–H and O–H groups in total. The Hall–Kier alpha value is -2.62. The summed E-state index contributed by atoms with van der Waals surface area (Å²) in [7, 11) is 1.50. The minimum absolute atomic E-state index is 0.109. The molecule has 3 rings (SSSR count). The molecule has 3 aromatic rings. The minimum atomic E-state index is -0.415. The third-order valence-electron chi connectivity index (χ3n) is 2.77. The molecule has 0 aliphatic rings. The van der Waals surface area contributed by atoms with Crippen LogP contribution in [0.15, 0.2) is 22.7 Å². The zero-order valence-corrected chi connectivity index (χ0v) is 12.0. The van der Waals surface area contributed by atoms with Crippen molar-refractivity contribution >= 4 is 11.3 Å². The third kappa shape index (κ3) is 2.52. The zero-order valence-electron chi connectivity index (χ0n) is 12.2. The second-order valence-corrected chi connectivity index (χ2v) is 4.91. The van der Waals surface area contributed by atoms with Gasteiger partial charge in [-0.3, -0.25) is 0 Å². The Kier molecular flexibility index (Phi) is 3.12. The van der Waals surface area contributed by atoms with Crippen LogP contribution < -0.4 is 10.4 Å². The number of rotatable bonds is 4. The van der Waals surface area contributed by atoms with Gasteiger partial charge in [0.1, 0.15) is 12.9 Å². The Morgan fingerprint density at radius 3 is 2.90 bits per heavy atom. The van der Waals surface area contributed by atoms with Gasteiger partial charge in [-0.05, 0) is 17.4 Å². The standard InChI is InChI=1S/C11H11N7O2S/c1-7-8(5-20-10-12-3-4-21-10)9(14-6-13-7)18-11(19)17(2)15-16-18/h3-4,6H,5H2,1-2H3/i3T. The first kappa shape index (κ1) is 12.1. The number of tetrazole rings is 1. The van der Waals surface area contributed by atoms with E-state index in [-0.39, 0.29) is 12.8 Å². The molecule has 0 radical (unpaired) electrons. The van der Waals surface area contributed by atoms with Crippen LogP contribution in [0.5, 0.6) is 5.19 Å². The lowest BCUT2D eigenvalue weighted by Gasteiger charge is -2.09. The molecule has 0 saturated carbocycles. The van der Waals surface area contributed by atoms with Gasteiger partial charge in [0.2, 0.25) is 0 Å². The molecule has 3 aromatic heterocycles. The van der Waals surface area contributed by atoms with E-state index in [0.29, 0.717) is 22.3 Å². The lowest BCUT2D eigenvalue weighted by Crippen LogP contribution is -2.24. The van der Waals surface area contributed by atoms with Crippen LogP contribution in [0.2, 0.25) is 0 Å². The van der Waals surface area contributed by atoms with Crippen LogP contribution in [0.1, 0.15) is 12.6 Å². The predicted molar refractivity (Wildman–Crippen MR) is 73.4 cm³/mol. The van der Waals surface area contributed by atoms with Crippen molar-refractivity contribution in [2.24, 2.45) is 7.05 Å². The van der Waals surface area contributed by atoms with Crippen molar-refractivity contribution in [3.05, 3.63) is 39.6 Å². The maximum absolute atomic E-state index is 12.0.